The Morgan fingerprint density at radius 2 is 2.11 bits per heavy atom. The summed E-state index contributed by atoms with van der Waals surface area (Å²) in [6, 6.07) is 3.36. The first kappa shape index (κ1) is 15.1. The standard InChI is InChI=1S/C14H20N2O3/c1-9(2)11(8-14(18)19)16-13(17)7-12-10(3)5-4-6-15-12/h4-6,9,11H,7-8H2,1-3H3,(H,16,17)(H,18,19). The Bertz CT molecular complexity index is 458. The molecular formula is C14H20N2O3. The molecule has 0 aromatic carbocycles. The van der Waals surface area contributed by atoms with E-state index in [1.165, 1.54) is 0 Å². The fraction of sp³-hybridized carbons (Fsp3) is 0.500. The Balaban J connectivity index is 2.63. The van der Waals surface area contributed by atoms with Gasteiger partial charge in [0.1, 0.15) is 0 Å². The lowest BCUT2D eigenvalue weighted by Gasteiger charge is -2.20. The van der Waals surface area contributed by atoms with Crippen molar-refractivity contribution in [2.75, 3.05) is 0 Å². The maximum absolute atomic E-state index is 11.9. The van der Waals surface area contributed by atoms with Crippen molar-refractivity contribution in [3.8, 4) is 0 Å². The van der Waals surface area contributed by atoms with E-state index in [0.29, 0.717) is 0 Å². The van der Waals surface area contributed by atoms with Gasteiger partial charge in [0, 0.05) is 12.2 Å². The van der Waals surface area contributed by atoms with E-state index in [9.17, 15) is 9.59 Å². The van der Waals surface area contributed by atoms with Gasteiger partial charge in [0.25, 0.3) is 0 Å². The van der Waals surface area contributed by atoms with E-state index < -0.39 is 5.97 Å². The van der Waals surface area contributed by atoms with Gasteiger partial charge in [-0.1, -0.05) is 19.9 Å². The van der Waals surface area contributed by atoms with Crippen LogP contribution in [-0.4, -0.2) is 28.0 Å². The largest absolute Gasteiger partial charge is 0.481 e. The summed E-state index contributed by atoms with van der Waals surface area (Å²) < 4.78 is 0. The van der Waals surface area contributed by atoms with Gasteiger partial charge < -0.3 is 10.4 Å². The van der Waals surface area contributed by atoms with Crippen LogP contribution in [0.15, 0.2) is 18.3 Å². The van der Waals surface area contributed by atoms with Gasteiger partial charge in [-0.25, -0.2) is 0 Å². The molecular weight excluding hydrogens is 244 g/mol. The average molecular weight is 264 g/mol. The molecule has 0 bridgehead atoms. The van der Waals surface area contributed by atoms with Gasteiger partial charge in [-0.2, -0.15) is 0 Å². The quantitative estimate of drug-likeness (QED) is 0.817. The van der Waals surface area contributed by atoms with Crippen molar-refractivity contribution in [1.82, 2.24) is 10.3 Å². The van der Waals surface area contributed by atoms with Crippen molar-refractivity contribution in [2.24, 2.45) is 5.92 Å². The molecule has 0 aliphatic rings. The maximum Gasteiger partial charge on any atom is 0.305 e. The number of nitrogens with zero attached hydrogens (tertiary/aromatic N) is 1. The third-order valence-electron chi connectivity index (χ3n) is 2.99. The fourth-order valence-electron chi connectivity index (χ4n) is 1.75. The van der Waals surface area contributed by atoms with Crippen LogP contribution in [0.25, 0.3) is 0 Å². The normalized spacial score (nSPS) is 12.2. The minimum absolute atomic E-state index is 0.0649. The molecule has 0 spiro atoms. The lowest BCUT2D eigenvalue weighted by molar-refractivity contribution is -0.138. The molecule has 0 saturated carbocycles. The summed E-state index contributed by atoms with van der Waals surface area (Å²) in [5.74, 6) is -1.03. The lowest BCUT2D eigenvalue weighted by Crippen LogP contribution is -2.41. The molecule has 1 heterocycles. The highest BCUT2D eigenvalue weighted by Crippen LogP contribution is 2.08. The topological polar surface area (TPSA) is 79.3 Å². The summed E-state index contributed by atoms with van der Waals surface area (Å²) >= 11 is 0. The highest BCUT2D eigenvalue weighted by Gasteiger charge is 2.19. The molecule has 0 saturated heterocycles. The van der Waals surface area contributed by atoms with Crippen LogP contribution in [0.1, 0.15) is 31.5 Å². The number of carbonyl (C=O) groups is 2. The Morgan fingerprint density at radius 3 is 2.63 bits per heavy atom. The molecule has 1 rings (SSSR count). The molecule has 19 heavy (non-hydrogen) atoms. The van der Waals surface area contributed by atoms with Crippen LogP contribution in [0.3, 0.4) is 0 Å². The number of amides is 1. The second-order valence-corrected chi connectivity index (χ2v) is 4.96. The molecule has 104 valence electrons. The number of aryl methyl sites for hydroxylation is 1. The minimum atomic E-state index is -0.909. The average Bonchev–Trinajstić information content (AvgIpc) is 2.30. The van der Waals surface area contributed by atoms with Gasteiger partial charge in [0.15, 0.2) is 0 Å². The number of carbonyl (C=O) groups excluding carboxylic acids is 1. The number of hydrogen-bond acceptors (Lipinski definition) is 3. The molecule has 5 nitrogen and oxygen atoms in total. The number of aliphatic carboxylic acids is 1. The Labute approximate surface area is 113 Å². The van der Waals surface area contributed by atoms with Crippen molar-refractivity contribution in [3.63, 3.8) is 0 Å². The van der Waals surface area contributed by atoms with E-state index in [4.69, 9.17) is 5.11 Å². The van der Waals surface area contributed by atoms with Crippen LogP contribution in [0, 0.1) is 12.8 Å². The van der Waals surface area contributed by atoms with Crippen molar-refractivity contribution in [2.45, 2.75) is 39.7 Å². The molecule has 0 fully saturated rings. The summed E-state index contributed by atoms with van der Waals surface area (Å²) in [5.41, 5.74) is 1.68. The van der Waals surface area contributed by atoms with Crippen molar-refractivity contribution in [1.29, 1.82) is 0 Å². The van der Waals surface area contributed by atoms with Crippen LogP contribution < -0.4 is 5.32 Å². The number of pyridine rings is 1. The van der Waals surface area contributed by atoms with Gasteiger partial charge in [-0.3, -0.25) is 14.6 Å². The number of carboxylic acid groups (broad SMARTS) is 1. The summed E-state index contributed by atoms with van der Waals surface area (Å²) in [5, 5.41) is 11.6. The van der Waals surface area contributed by atoms with E-state index in [-0.39, 0.29) is 30.7 Å². The second-order valence-electron chi connectivity index (χ2n) is 4.96. The van der Waals surface area contributed by atoms with Gasteiger partial charge in [0.05, 0.1) is 18.5 Å². The SMILES string of the molecule is Cc1cccnc1CC(=O)NC(CC(=O)O)C(C)C. The van der Waals surface area contributed by atoms with Crippen molar-refractivity contribution in [3.05, 3.63) is 29.6 Å². The van der Waals surface area contributed by atoms with E-state index >= 15 is 0 Å². The summed E-state index contributed by atoms with van der Waals surface area (Å²) in [6.07, 6.45) is 1.76. The third kappa shape index (κ3) is 5.07. The zero-order valence-electron chi connectivity index (χ0n) is 11.5. The second kappa shape index (κ2) is 6.87. The number of carboxylic acids is 1. The maximum atomic E-state index is 11.9. The van der Waals surface area contributed by atoms with E-state index in [2.05, 4.69) is 10.3 Å². The minimum Gasteiger partial charge on any atom is -0.481 e. The Hall–Kier alpha value is -1.91. The van der Waals surface area contributed by atoms with E-state index in [0.717, 1.165) is 11.3 Å². The highest BCUT2D eigenvalue weighted by atomic mass is 16.4. The number of aromatic nitrogens is 1. The van der Waals surface area contributed by atoms with Gasteiger partial charge in [0.2, 0.25) is 5.91 Å². The van der Waals surface area contributed by atoms with Crippen LogP contribution >= 0.6 is 0 Å². The van der Waals surface area contributed by atoms with Crippen LogP contribution in [0.2, 0.25) is 0 Å². The first-order chi connectivity index (χ1) is 8.90. The zero-order chi connectivity index (χ0) is 14.4. The molecule has 0 radical (unpaired) electrons. The molecule has 0 aliphatic heterocycles. The Morgan fingerprint density at radius 1 is 1.42 bits per heavy atom. The molecule has 1 aromatic heterocycles. The smallest absolute Gasteiger partial charge is 0.305 e. The molecule has 1 atom stereocenters. The predicted octanol–water partition coefficient (Wildman–Crippen LogP) is 1.55. The van der Waals surface area contributed by atoms with Gasteiger partial charge in [-0.05, 0) is 24.5 Å². The first-order valence-corrected chi connectivity index (χ1v) is 6.31. The van der Waals surface area contributed by atoms with E-state index in [1.807, 2.05) is 32.9 Å². The molecule has 5 heteroatoms. The number of nitrogens with one attached hydrogen (secondary N) is 1. The Kier molecular flexibility index (Phi) is 5.48. The summed E-state index contributed by atoms with van der Waals surface area (Å²) in [7, 11) is 0. The molecule has 2 N–H and O–H groups in total. The van der Waals surface area contributed by atoms with E-state index in [1.54, 1.807) is 6.20 Å². The number of rotatable bonds is 6. The third-order valence-corrected chi connectivity index (χ3v) is 2.99. The van der Waals surface area contributed by atoms with Crippen LogP contribution in [-0.2, 0) is 16.0 Å². The van der Waals surface area contributed by atoms with Crippen LogP contribution in [0.5, 0.6) is 0 Å². The fourth-order valence-corrected chi connectivity index (χ4v) is 1.75. The number of hydrogen-bond donors (Lipinski definition) is 2. The van der Waals surface area contributed by atoms with Gasteiger partial charge >= 0.3 is 5.97 Å². The van der Waals surface area contributed by atoms with Crippen molar-refractivity contribution < 1.29 is 14.7 Å². The van der Waals surface area contributed by atoms with Gasteiger partial charge in [-0.15, -0.1) is 0 Å². The molecule has 0 aliphatic carbocycles. The van der Waals surface area contributed by atoms with Crippen molar-refractivity contribution >= 4 is 11.9 Å². The molecule has 1 aromatic rings. The molecule has 1 unspecified atom stereocenters. The summed E-state index contributed by atoms with van der Waals surface area (Å²) in [6.45, 7) is 5.67. The lowest BCUT2D eigenvalue weighted by atomic mass is 10.0. The zero-order valence-corrected chi connectivity index (χ0v) is 11.5. The predicted molar refractivity (Wildman–Crippen MR) is 71.7 cm³/mol. The summed E-state index contributed by atoms with van der Waals surface area (Å²) in [4.78, 5) is 26.8. The highest BCUT2D eigenvalue weighted by molar-refractivity contribution is 5.79. The monoisotopic (exact) mass is 264 g/mol. The first-order valence-electron chi connectivity index (χ1n) is 6.31. The molecule has 1 amide bonds. The van der Waals surface area contributed by atoms with Crippen LogP contribution in [0.4, 0.5) is 0 Å².